The van der Waals surface area contributed by atoms with Gasteiger partial charge < -0.3 is 16.8 Å². The summed E-state index contributed by atoms with van der Waals surface area (Å²) in [7, 11) is -0.792. The number of anilines is 2. The molecule has 1 aromatic carbocycles. The van der Waals surface area contributed by atoms with Crippen LogP contribution in [0, 0.1) is 0 Å². The molecule has 1 amide bonds. The van der Waals surface area contributed by atoms with E-state index in [0.717, 1.165) is 12.1 Å². The van der Waals surface area contributed by atoms with Crippen molar-refractivity contribution in [1.82, 2.24) is 0 Å². The van der Waals surface area contributed by atoms with E-state index in [1.807, 2.05) is 6.92 Å². The first kappa shape index (κ1) is 14.5. The fourth-order valence-electron chi connectivity index (χ4n) is 1.53. The predicted octanol–water partition coefficient (Wildman–Crippen LogP) is 0.937. The van der Waals surface area contributed by atoms with Crippen LogP contribution in [-0.4, -0.2) is 28.2 Å². The van der Waals surface area contributed by atoms with Crippen molar-refractivity contribution >= 4 is 28.1 Å². The van der Waals surface area contributed by atoms with E-state index in [1.54, 1.807) is 24.5 Å². The van der Waals surface area contributed by atoms with Gasteiger partial charge in [0.15, 0.2) is 0 Å². The van der Waals surface area contributed by atoms with Crippen LogP contribution in [0.15, 0.2) is 18.2 Å². The predicted molar refractivity (Wildman–Crippen MR) is 76.0 cm³/mol. The van der Waals surface area contributed by atoms with Gasteiger partial charge in [0.1, 0.15) is 0 Å². The number of hydrogen-bond donors (Lipinski definition) is 3. The molecule has 0 radical (unpaired) electrons. The highest BCUT2D eigenvalue weighted by molar-refractivity contribution is 7.84. The van der Waals surface area contributed by atoms with Crippen molar-refractivity contribution in [2.75, 3.05) is 23.1 Å². The lowest BCUT2D eigenvalue weighted by atomic mass is 10.1. The number of carbonyl (C=O) groups is 1. The van der Waals surface area contributed by atoms with E-state index in [-0.39, 0.29) is 6.04 Å². The Balaban J connectivity index is 2.67. The second kappa shape index (κ2) is 6.39. The first-order valence-electron chi connectivity index (χ1n) is 5.66. The van der Waals surface area contributed by atoms with Gasteiger partial charge >= 0.3 is 0 Å². The summed E-state index contributed by atoms with van der Waals surface area (Å²) in [6, 6.07) is 5.08. The lowest BCUT2D eigenvalue weighted by molar-refractivity contribution is 0.100. The normalized spacial score (nSPS) is 13.9. The molecule has 0 aliphatic rings. The highest BCUT2D eigenvalue weighted by Crippen LogP contribution is 2.21. The monoisotopic (exact) mass is 269 g/mol. The average Bonchev–Trinajstić information content (AvgIpc) is 2.29. The molecule has 100 valence electrons. The molecule has 0 saturated heterocycles. The van der Waals surface area contributed by atoms with Gasteiger partial charge in [0.2, 0.25) is 5.91 Å². The first-order valence-corrected chi connectivity index (χ1v) is 7.38. The number of nitrogens with one attached hydrogen (secondary N) is 1. The second-order valence-corrected chi connectivity index (χ2v) is 5.83. The Morgan fingerprint density at radius 3 is 2.67 bits per heavy atom. The Morgan fingerprint density at radius 2 is 2.17 bits per heavy atom. The summed E-state index contributed by atoms with van der Waals surface area (Å²) >= 11 is 0. The van der Waals surface area contributed by atoms with Crippen LogP contribution in [0.4, 0.5) is 11.4 Å². The maximum absolute atomic E-state index is 11.0. The van der Waals surface area contributed by atoms with Gasteiger partial charge in [0.25, 0.3) is 0 Å². The van der Waals surface area contributed by atoms with Gasteiger partial charge in [0.05, 0.1) is 11.4 Å². The highest BCUT2D eigenvalue weighted by Gasteiger charge is 2.08. The molecule has 1 aromatic rings. The molecule has 0 spiro atoms. The average molecular weight is 269 g/mol. The number of rotatable bonds is 6. The summed E-state index contributed by atoms with van der Waals surface area (Å²) in [6.45, 7) is 1.99. The van der Waals surface area contributed by atoms with E-state index < -0.39 is 16.7 Å². The molecule has 0 heterocycles. The summed E-state index contributed by atoms with van der Waals surface area (Å²) in [5, 5.41) is 3.22. The fourth-order valence-corrected chi connectivity index (χ4v) is 2.21. The molecule has 2 atom stereocenters. The van der Waals surface area contributed by atoms with Crippen LogP contribution >= 0.6 is 0 Å². The summed E-state index contributed by atoms with van der Waals surface area (Å²) in [4.78, 5) is 11.0. The van der Waals surface area contributed by atoms with Crippen LogP contribution in [-0.2, 0) is 10.8 Å². The molecular weight excluding hydrogens is 250 g/mol. The van der Waals surface area contributed by atoms with Gasteiger partial charge in [-0.3, -0.25) is 9.00 Å². The van der Waals surface area contributed by atoms with Crippen LogP contribution in [0.3, 0.4) is 0 Å². The summed E-state index contributed by atoms with van der Waals surface area (Å²) in [5.74, 6) is 0.149. The van der Waals surface area contributed by atoms with Crippen molar-refractivity contribution < 1.29 is 9.00 Å². The quantitative estimate of drug-likeness (QED) is 0.669. The molecule has 0 aliphatic heterocycles. The third kappa shape index (κ3) is 4.37. The van der Waals surface area contributed by atoms with Crippen molar-refractivity contribution in [3.8, 4) is 0 Å². The number of hydrogen-bond acceptors (Lipinski definition) is 4. The molecule has 0 aliphatic carbocycles. The highest BCUT2D eigenvalue weighted by atomic mass is 32.2. The van der Waals surface area contributed by atoms with Crippen LogP contribution < -0.4 is 16.8 Å². The Labute approximate surface area is 109 Å². The van der Waals surface area contributed by atoms with Gasteiger partial charge in [0, 0.05) is 34.4 Å². The number of benzene rings is 1. The second-order valence-electron chi connectivity index (χ2n) is 4.28. The lowest BCUT2D eigenvalue weighted by Gasteiger charge is -2.16. The van der Waals surface area contributed by atoms with Crippen molar-refractivity contribution in [2.45, 2.75) is 19.4 Å². The van der Waals surface area contributed by atoms with E-state index in [4.69, 9.17) is 11.5 Å². The molecule has 5 nitrogen and oxygen atoms in total. The van der Waals surface area contributed by atoms with E-state index in [0.29, 0.717) is 17.0 Å². The standard InChI is InChI=1S/C12H19N3O2S/c1-8(5-6-18(2)17)15-11-4-3-9(12(14)16)7-10(11)13/h3-4,7-8,15H,5-6,13H2,1-2H3,(H2,14,16). The van der Waals surface area contributed by atoms with Crippen LogP contribution in [0.1, 0.15) is 23.7 Å². The minimum atomic E-state index is -0.792. The zero-order valence-electron chi connectivity index (χ0n) is 10.6. The largest absolute Gasteiger partial charge is 0.397 e. The van der Waals surface area contributed by atoms with Gasteiger partial charge in [-0.25, -0.2) is 0 Å². The van der Waals surface area contributed by atoms with Gasteiger partial charge in [-0.15, -0.1) is 0 Å². The molecule has 18 heavy (non-hydrogen) atoms. The molecule has 6 heteroatoms. The topological polar surface area (TPSA) is 98.2 Å². The molecular formula is C12H19N3O2S. The van der Waals surface area contributed by atoms with E-state index in [9.17, 15) is 9.00 Å². The van der Waals surface area contributed by atoms with Gasteiger partial charge in [-0.05, 0) is 31.5 Å². The molecule has 0 bridgehead atoms. The number of carbonyl (C=O) groups excluding carboxylic acids is 1. The minimum Gasteiger partial charge on any atom is -0.397 e. The molecule has 5 N–H and O–H groups in total. The third-order valence-corrected chi connectivity index (χ3v) is 3.39. The SMILES string of the molecule is CC(CCS(C)=O)Nc1ccc(C(N)=O)cc1N. The fraction of sp³-hybridized carbons (Fsp3) is 0.417. The molecule has 0 aromatic heterocycles. The Morgan fingerprint density at radius 1 is 1.50 bits per heavy atom. The maximum Gasteiger partial charge on any atom is 0.248 e. The lowest BCUT2D eigenvalue weighted by Crippen LogP contribution is -2.19. The number of nitrogens with two attached hydrogens (primary N) is 2. The Bertz CT molecular complexity index is 463. The molecule has 0 fully saturated rings. The van der Waals surface area contributed by atoms with E-state index >= 15 is 0 Å². The number of primary amides is 1. The van der Waals surface area contributed by atoms with E-state index in [2.05, 4.69) is 5.32 Å². The number of amides is 1. The Kier molecular flexibility index (Phi) is 5.15. The summed E-state index contributed by atoms with van der Waals surface area (Å²) in [6.07, 6.45) is 2.48. The maximum atomic E-state index is 11.0. The van der Waals surface area contributed by atoms with Crippen molar-refractivity contribution in [1.29, 1.82) is 0 Å². The van der Waals surface area contributed by atoms with Crippen molar-refractivity contribution in [3.63, 3.8) is 0 Å². The van der Waals surface area contributed by atoms with Crippen molar-refractivity contribution in [3.05, 3.63) is 23.8 Å². The Hall–Kier alpha value is -1.56. The number of nitrogen functional groups attached to an aromatic ring is 1. The zero-order chi connectivity index (χ0) is 13.7. The third-order valence-electron chi connectivity index (χ3n) is 2.58. The molecule has 1 rings (SSSR count). The van der Waals surface area contributed by atoms with Crippen molar-refractivity contribution in [2.24, 2.45) is 5.73 Å². The van der Waals surface area contributed by atoms with Crippen LogP contribution in [0.5, 0.6) is 0 Å². The smallest absolute Gasteiger partial charge is 0.248 e. The van der Waals surface area contributed by atoms with Crippen LogP contribution in [0.2, 0.25) is 0 Å². The van der Waals surface area contributed by atoms with Gasteiger partial charge in [-0.2, -0.15) is 0 Å². The zero-order valence-corrected chi connectivity index (χ0v) is 11.4. The molecule has 2 unspecified atom stereocenters. The summed E-state index contributed by atoms with van der Waals surface area (Å²) in [5.41, 5.74) is 12.6. The first-order chi connectivity index (χ1) is 8.40. The summed E-state index contributed by atoms with van der Waals surface area (Å²) < 4.78 is 11.0. The van der Waals surface area contributed by atoms with E-state index in [1.165, 1.54) is 0 Å². The van der Waals surface area contributed by atoms with Gasteiger partial charge in [-0.1, -0.05) is 0 Å². The minimum absolute atomic E-state index is 0.163. The van der Waals surface area contributed by atoms with Crippen LogP contribution in [0.25, 0.3) is 0 Å². The molecule has 0 saturated carbocycles.